The number of hydrogen-bond acceptors (Lipinski definition) is 3. The zero-order valence-corrected chi connectivity index (χ0v) is 8.00. The summed E-state index contributed by atoms with van der Waals surface area (Å²) in [6.45, 7) is 1.07. The SMILES string of the molecule is COc1cc2c(cc1N)CCN2C. The van der Waals surface area contributed by atoms with Crippen LogP contribution in [0.4, 0.5) is 11.4 Å². The standard InChI is InChI=1S/C10H14N2O/c1-12-4-3-7-5-8(11)10(13-2)6-9(7)12/h5-6H,3-4,11H2,1-2H3. The van der Waals surface area contributed by atoms with Gasteiger partial charge >= 0.3 is 0 Å². The molecule has 1 heterocycles. The van der Waals surface area contributed by atoms with Crippen molar-refractivity contribution in [2.75, 3.05) is 31.3 Å². The van der Waals surface area contributed by atoms with Crippen LogP contribution in [0.5, 0.6) is 5.75 Å². The molecule has 0 spiro atoms. The molecule has 0 amide bonds. The highest BCUT2D eigenvalue weighted by molar-refractivity contribution is 5.68. The molecule has 2 N–H and O–H groups in total. The van der Waals surface area contributed by atoms with Crippen LogP contribution in [-0.4, -0.2) is 20.7 Å². The van der Waals surface area contributed by atoms with E-state index in [-0.39, 0.29) is 0 Å². The van der Waals surface area contributed by atoms with Gasteiger partial charge in [0, 0.05) is 25.3 Å². The molecular formula is C10H14N2O. The summed E-state index contributed by atoms with van der Waals surface area (Å²) in [6.07, 6.45) is 1.08. The monoisotopic (exact) mass is 178 g/mol. The van der Waals surface area contributed by atoms with E-state index in [1.807, 2.05) is 12.1 Å². The van der Waals surface area contributed by atoms with Crippen LogP contribution in [-0.2, 0) is 6.42 Å². The predicted octanol–water partition coefficient (Wildman–Crippen LogP) is 1.27. The lowest BCUT2D eigenvalue weighted by molar-refractivity contribution is 0.417. The average molecular weight is 178 g/mol. The van der Waals surface area contributed by atoms with E-state index in [1.54, 1.807) is 7.11 Å². The number of likely N-dealkylation sites (N-methyl/N-ethyl adjacent to an activating group) is 1. The summed E-state index contributed by atoms with van der Waals surface area (Å²) in [5.74, 6) is 0.771. The Bertz CT molecular complexity index is 336. The number of nitrogen functional groups attached to an aromatic ring is 1. The van der Waals surface area contributed by atoms with Gasteiger partial charge in [-0.1, -0.05) is 0 Å². The van der Waals surface area contributed by atoms with E-state index in [2.05, 4.69) is 11.9 Å². The second kappa shape index (κ2) is 2.83. The number of nitrogens with two attached hydrogens (primary N) is 1. The van der Waals surface area contributed by atoms with Crippen LogP contribution in [0.15, 0.2) is 12.1 Å². The number of fused-ring (bicyclic) bond motifs is 1. The van der Waals surface area contributed by atoms with Gasteiger partial charge in [0.25, 0.3) is 0 Å². The first-order valence-electron chi connectivity index (χ1n) is 4.40. The topological polar surface area (TPSA) is 38.5 Å². The molecule has 0 fully saturated rings. The van der Waals surface area contributed by atoms with Gasteiger partial charge in [-0.25, -0.2) is 0 Å². The van der Waals surface area contributed by atoms with Crippen LogP contribution in [0.1, 0.15) is 5.56 Å². The Balaban J connectivity index is 2.51. The molecule has 13 heavy (non-hydrogen) atoms. The normalized spacial score (nSPS) is 14.5. The summed E-state index contributed by atoms with van der Waals surface area (Å²) >= 11 is 0. The summed E-state index contributed by atoms with van der Waals surface area (Å²) in [5.41, 5.74) is 9.10. The van der Waals surface area contributed by atoms with E-state index < -0.39 is 0 Å². The first-order chi connectivity index (χ1) is 6.22. The first kappa shape index (κ1) is 8.23. The fourth-order valence-electron chi connectivity index (χ4n) is 1.77. The van der Waals surface area contributed by atoms with Gasteiger partial charge in [-0.15, -0.1) is 0 Å². The molecule has 0 saturated heterocycles. The second-order valence-electron chi connectivity index (χ2n) is 3.39. The van der Waals surface area contributed by atoms with Gasteiger partial charge in [-0.05, 0) is 18.1 Å². The molecule has 0 atom stereocenters. The fraction of sp³-hybridized carbons (Fsp3) is 0.400. The van der Waals surface area contributed by atoms with E-state index >= 15 is 0 Å². The van der Waals surface area contributed by atoms with Gasteiger partial charge < -0.3 is 15.4 Å². The molecule has 1 aliphatic rings. The van der Waals surface area contributed by atoms with Gasteiger partial charge in [0.05, 0.1) is 12.8 Å². The molecule has 1 aromatic rings. The molecule has 3 nitrogen and oxygen atoms in total. The van der Waals surface area contributed by atoms with Gasteiger partial charge in [-0.3, -0.25) is 0 Å². The maximum atomic E-state index is 5.81. The minimum Gasteiger partial charge on any atom is -0.495 e. The van der Waals surface area contributed by atoms with Crippen molar-refractivity contribution in [1.82, 2.24) is 0 Å². The van der Waals surface area contributed by atoms with E-state index in [9.17, 15) is 0 Å². The van der Waals surface area contributed by atoms with Gasteiger partial charge in [-0.2, -0.15) is 0 Å². The number of hydrogen-bond donors (Lipinski definition) is 1. The maximum absolute atomic E-state index is 5.81. The summed E-state index contributed by atoms with van der Waals surface area (Å²) in [6, 6.07) is 4.02. The summed E-state index contributed by atoms with van der Waals surface area (Å²) in [4.78, 5) is 2.22. The van der Waals surface area contributed by atoms with Crippen LogP contribution in [0.25, 0.3) is 0 Å². The molecule has 70 valence electrons. The molecule has 0 aliphatic carbocycles. The van der Waals surface area contributed by atoms with Crippen molar-refractivity contribution in [3.05, 3.63) is 17.7 Å². The third-order valence-electron chi connectivity index (χ3n) is 2.56. The Morgan fingerprint density at radius 3 is 2.92 bits per heavy atom. The van der Waals surface area contributed by atoms with E-state index in [0.717, 1.165) is 24.4 Å². The predicted molar refractivity (Wildman–Crippen MR) is 54.4 cm³/mol. The lowest BCUT2D eigenvalue weighted by Crippen LogP contribution is -2.12. The third-order valence-corrected chi connectivity index (χ3v) is 2.56. The minimum absolute atomic E-state index is 0.733. The van der Waals surface area contributed by atoms with Crippen molar-refractivity contribution in [1.29, 1.82) is 0 Å². The quantitative estimate of drug-likeness (QED) is 0.658. The van der Waals surface area contributed by atoms with Crippen LogP contribution in [0.3, 0.4) is 0 Å². The van der Waals surface area contributed by atoms with Gasteiger partial charge in [0.1, 0.15) is 5.75 Å². The summed E-state index contributed by atoms with van der Waals surface area (Å²) < 4.78 is 5.17. The molecule has 2 rings (SSSR count). The van der Waals surface area contributed by atoms with Crippen LogP contribution in [0.2, 0.25) is 0 Å². The molecule has 0 bridgehead atoms. The lowest BCUT2D eigenvalue weighted by atomic mass is 10.1. The Morgan fingerprint density at radius 1 is 1.46 bits per heavy atom. The van der Waals surface area contributed by atoms with E-state index in [1.165, 1.54) is 11.3 Å². The highest BCUT2D eigenvalue weighted by Gasteiger charge is 2.17. The van der Waals surface area contributed by atoms with Crippen molar-refractivity contribution < 1.29 is 4.74 Å². The number of ether oxygens (including phenoxy) is 1. The zero-order valence-electron chi connectivity index (χ0n) is 8.00. The molecule has 3 heteroatoms. The number of nitrogens with zero attached hydrogens (tertiary/aromatic N) is 1. The molecule has 1 aromatic carbocycles. The molecule has 0 radical (unpaired) electrons. The molecular weight excluding hydrogens is 164 g/mol. The average Bonchev–Trinajstić information content (AvgIpc) is 2.46. The Hall–Kier alpha value is -1.38. The highest BCUT2D eigenvalue weighted by atomic mass is 16.5. The molecule has 0 unspecified atom stereocenters. The minimum atomic E-state index is 0.733. The number of benzene rings is 1. The van der Waals surface area contributed by atoms with Crippen molar-refractivity contribution in [3.63, 3.8) is 0 Å². The number of rotatable bonds is 1. The first-order valence-corrected chi connectivity index (χ1v) is 4.40. The van der Waals surface area contributed by atoms with Crippen molar-refractivity contribution in [2.45, 2.75) is 6.42 Å². The number of methoxy groups -OCH3 is 1. The van der Waals surface area contributed by atoms with Crippen molar-refractivity contribution >= 4 is 11.4 Å². The number of anilines is 2. The van der Waals surface area contributed by atoms with E-state index in [4.69, 9.17) is 10.5 Å². The molecule has 0 saturated carbocycles. The largest absolute Gasteiger partial charge is 0.495 e. The van der Waals surface area contributed by atoms with Gasteiger partial charge in [0.2, 0.25) is 0 Å². The second-order valence-corrected chi connectivity index (χ2v) is 3.39. The zero-order chi connectivity index (χ0) is 9.42. The van der Waals surface area contributed by atoms with Crippen molar-refractivity contribution in [2.24, 2.45) is 0 Å². The smallest absolute Gasteiger partial charge is 0.143 e. The van der Waals surface area contributed by atoms with Crippen LogP contribution >= 0.6 is 0 Å². The fourth-order valence-corrected chi connectivity index (χ4v) is 1.77. The van der Waals surface area contributed by atoms with Gasteiger partial charge in [0.15, 0.2) is 0 Å². The summed E-state index contributed by atoms with van der Waals surface area (Å²) in [5, 5.41) is 0. The highest BCUT2D eigenvalue weighted by Crippen LogP contribution is 2.34. The molecule has 0 aromatic heterocycles. The lowest BCUT2D eigenvalue weighted by Gasteiger charge is -2.13. The maximum Gasteiger partial charge on any atom is 0.143 e. The Kier molecular flexibility index (Phi) is 1.79. The van der Waals surface area contributed by atoms with Crippen molar-refractivity contribution in [3.8, 4) is 5.75 Å². The Labute approximate surface area is 78.1 Å². The van der Waals surface area contributed by atoms with E-state index in [0.29, 0.717) is 0 Å². The summed E-state index contributed by atoms with van der Waals surface area (Å²) in [7, 11) is 3.73. The third kappa shape index (κ3) is 1.20. The van der Waals surface area contributed by atoms with Crippen LogP contribution in [0, 0.1) is 0 Å². The Morgan fingerprint density at radius 2 is 2.23 bits per heavy atom. The molecule has 1 aliphatic heterocycles. The van der Waals surface area contributed by atoms with Crippen LogP contribution < -0.4 is 15.4 Å².